The highest BCUT2D eigenvalue weighted by Gasteiger charge is 2.19. The zero-order valence-corrected chi connectivity index (χ0v) is 8.91. The maximum atomic E-state index is 13.6. The van der Waals surface area contributed by atoms with Crippen molar-refractivity contribution < 1.29 is 8.78 Å². The van der Waals surface area contributed by atoms with Gasteiger partial charge < -0.3 is 5.73 Å². The second kappa shape index (κ2) is 3.56. The van der Waals surface area contributed by atoms with Crippen molar-refractivity contribution in [2.75, 3.05) is 5.73 Å². The van der Waals surface area contributed by atoms with Crippen LogP contribution in [0.1, 0.15) is 36.5 Å². The Labute approximate surface area is 82.9 Å². The molecule has 0 saturated heterocycles. The number of anilines is 1. The third-order valence-electron chi connectivity index (χ3n) is 2.58. The molecule has 1 nitrogen and oxygen atoms in total. The van der Waals surface area contributed by atoms with E-state index in [4.69, 9.17) is 5.73 Å². The molecule has 2 N–H and O–H groups in total. The molecule has 0 saturated carbocycles. The zero-order chi connectivity index (χ0) is 11.0. The summed E-state index contributed by atoms with van der Waals surface area (Å²) >= 11 is 0. The minimum absolute atomic E-state index is 0.0107. The molecule has 0 spiro atoms. The molecule has 0 unspecified atom stereocenters. The van der Waals surface area contributed by atoms with Gasteiger partial charge in [-0.05, 0) is 36.5 Å². The van der Waals surface area contributed by atoms with E-state index in [9.17, 15) is 8.78 Å². The largest absolute Gasteiger partial charge is 0.394 e. The highest BCUT2D eigenvalue weighted by atomic mass is 19.1. The van der Waals surface area contributed by atoms with E-state index in [1.165, 1.54) is 0 Å². The minimum Gasteiger partial charge on any atom is -0.394 e. The predicted octanol–water partition coefficient (Wildman–Crippen LogP) is 3.29. The number of benzene rings is 1. The highest BCUT2D eigenvalue weighted by molar-refractivity contribution is 5.53. The van der Waals surface area contributed by atoms with E-state index in [0.717, 1.165) is 0 Å². The number of nitrogen functional groups attached to an aromatic ring is 1. The van der Waals surface area contributed by atoms with Gasteiger partial charge in [0.05, 0.1) is 0 Å². The molecule has 78 valence electrons. The lowest BCUT2D eigenvalue weighted by atomic mass is 9.93. The van der Waals surface area contributed by atoms with Gasteiger partial charge in [-0.15, -0.1) is 0 Å². The fourth-order valence-corrected chi connectivity index (χ4v) is 1.66. The standard InChI is InChI=1S/C11H15F2N/c1-5(2)8-6(3)7(4)9(12)11(14)10(8)13/h5H,14H2,1-4H3. The Balaban J connectivity index is 3.60. The lowest BCUT2D eigenvalue weighted by Crippen LogP contribution is -2.07. The van der Waals surface area contributed by atoms with Crippen molar-refractivity contribution in [3.8, 4) is 0 Å². The quantitative estimate of drug-likeness (QED) is 0.690. The highest BCUT2D eigenvalue weighted by Crippen LogP contribution is 2.31. The first-order valence-corrected chi connectivity index (χ1v) is 4.61. The fraction of sp³-hybridized carbons (Fsp3) is 0.455. The first-order chi connectivity index (χ1) is 6.37. The van der Waals surface area contributed by atoms with Crippen LogP contribution in [0.5, 0.6) is 0 Å². The summed E-state index contributed by atoms with van der Waals surface area (Å²) in [5, 5.41) is 0. The lowest BCUT2D eigenvalue weighted by molar-refractivity contribution is 0.565. The van der Waals surface area contributed by atoms with Crippen molar-refractivity contribution in [3.05, 3.63) is 28.3 Å². The molecular weight excluding hydrogens is 184 g/mol. The summed E-state index contributed by atoms with van der Waals surface area (Å²) in [6.07, 6.45) is 0. The van der Waals surface area contributed by atoms with Crippen molar-refractivity contribution in [2.24, 2.45) is 0 Å². The molecule has 1 aromatic rings. The molecule has 0 bridgehead atoms. The third kappa shape index (κ3) is 1.47. The molecule has 14 heavy (non-hydrogen) atoms. The summed E-state index contributed by atoms with van der Waals surface area (Å²) in [6, 6.07) is 0. The lowest BCUT2D eigenvalue weighted by Gasteiger charge is -2.16. The van der Waals surface area contributed by atoms with Gasteiger partial charge in [0.1, 0.15) is 5.69 Å². The fourth-order valence-electron chi connectivity index (χ4n) is 1.66. The van der Waals surface area contributed by atoms with Gasteiger partial charge >= 0.3 is 0 Å². The van der Waals surface area contributed by atoms with Gasteiger partial charge in [-0.1, -0.05) is 13.8 Å². The molecule has 1 aromatic carbocycles. The van der Waals surface area contributed by atoms with Crippen LogP contribution in [0.2, 0.25) is 0 Å². The normalized spacial score (nSPS) is 11.1. The maximum Gasteiger partial charge on any atom is 0.152 e. The van der Waals surface area contributed by atoms with E-state index in [1.807, 2.05) is 13.8 Å². The Hall–Kier alpha value is -1.12. The molecule has 0 radical (unpaired) electrons. The third-order valence-corrected chi connectivity index (χ3v) is 2.58. The molecule has 0 amide bonds. The van der Waals surface area contributed by atoms with Crippen LogP contribution in [0.4, 0.5) is 14.5 Å². The van der Waals surface area contributed by atoms with Crippen molar-refractivity contribution in [2.45, 2.75) is 33.6 Å². The van der Waals surface area contributed by atoms with Crippen LogP contribution in [0.3, 0.4) is 0 Å². The van der Waals surface area contributed by atoms with Crippen LogP contribution in [0, 0.1) is 25.5 Å². The first kappa shape index (κ1) is 11.0. The van der Waals surface area contributed by atoms with Crippen molar-refractivity contribution in [3.63, 3.8) is 0 Å². The van der Waals surface area contributed by atoms with Crippen molar-refractivity contribution >= 4 is 5.69 Å². The number of nitrogens with two attached hydrogens (primary N) is 1. The van der Waals surface area contributed by atoms with Crippen molar-refractivity contribution in [1.82, 2.24) is 0 Å². The number of hydrogen-bond donors (Lipinski definition) is 1. The van der Waals surface area contributed by atoms with E-state index < -0.39 is 11.6 Å². The molecule has 0 aliphatic rings. The molecule has 3 heteroatoms. The van der Waals surface area contributed by atoms with E-state index in [1.54, 1.807) is 13.8 Å². The maximum absolute atomic E-state index is 13.6. The average molecular weight is 199 g/mol. The van der Waals surface area contributed by atoms with Gasteiger partial charge in [0.2, 0.25) is 0 Å². The Morgan fingerprint density at radius 1 is 1.00 bits per heavy atom. The molecule has 0 atom stereocenters. The Kier molecular flexibility index (Phi) is 2.79. The molecular formula is C11H15F2N. The van der Waals surface area contributed by atoms with E-state index in [0.29, 0.717) is 16.7 Å². The van der Waals surface area contributed by atoms with Crippen LogP contribution in [-0.2, 0) is 0 Å². The number of rotatable bonds is 1. The summed E-state index contributed by atoms with van der Waals surface area (Å²) in [4.78, 5) is 0. The summed E-state index contributed by atoms with van der Waals surface area (Å²) in [5.41, 5.74) is 6.59. The smallest absolute Gasteiger partial charge is 0.152 e. The summed E-state index contributed by atoms with van der Waals surface area (Å²) < 4.78 is 26.9. The SMILES string of the molecule is Cc1c(C)c(C(C)C)c(F)c(N)c1F. The topological polar surface area (TPSA) is 26.0 Å². The van der Waals surface area contributed by atoms with Crippen LogP contribution in [-0.4, -0.2) is 0 Å². The predicted molar refractivity (Wildman–Crippen MR) is 54.3 cm³/mol. The van der Waals surface area contributed by atoms with Gasteiger partial charge in [-0.2, -0.15) is 0 Å². The zero-order valence-electron chi connectivity index (χ0n) is 8.91. The Morgan fingerprint density at radius 2 is 1.50 bits per heavy atom. The van der Waals surface area contributed by atoms with Crippen molar-refractivity contribution in [1.29, 1.82) is 0 Å². The van der Waals surface area contributed by atoms with Gasteiger partial charge in [0, 0.05) is 0 Å². The summed E-state index contributed by atoms with van der Waals surface area (Å²) in [6.45, 7) is 7.06. The van der Waals surface area contributed by atoms with Gasteiger partial charge in [0.15, 0.2) is 11.6 Å². The monoisotopic (exact) mass is 199 g/mol. The average Bonchev–Trinajstić information content (AvgIpc) is 2.11. The van der Waals surface area contributed by atoms with Crippen LogP contribution >= 0.6 is 0 Å². The summed E-state index contributed by atoms with van der Waals surface area (Å²) in [5.74, 6) is -1.23. The molecule has 0 aliphatic carbocycles. The second-order valence-electron chi connectivity index (χ2n) is 3.86. The van der Waals surface area contributed by atoms with Crippen LogP contribution in [0.25, 0.3) is 0 Å². The Bertz CT molecular complexity index is 341. The van der Waals surface area contributed by atoms with Gasteiger partial charge in [-0.3, -0.25) is 0 Å². The molecule has 0 aliphatic heterocycles. The second-order valence-corrected chi connectivity index (χ2v) is 3.86. The van der Waals surface area contributed by atoms with Crippen LogP contribution < -0.4 is 5.73 Å². The summed E-state index contributed by atoms with van der Waals surface area (Å²) in [7, 11) is 0. The van der Waals surface area contributed by atoms with E-state index in [2.05, 4.69) is 0 Å². The first-order valence-electron chi connectivity index (χ1n) is 4.61. The van der Waals surface area contributed by atoms with Gasteiger partial charge in [0.25, 0.3) is 0 Å². The molecule has 0 aromatic heterocycles. The number of halogens is 2. The van der Waals surface area contributed by atoms with Gasteiger partial charge in [-0.25, -0.2) is 8.78 Å². The van der Waals surface area contributed by atoms with E-state index in [-0.39, 0.29) is 11.6 Å². The molecule has 1 rings (SSSR count). The Morgan fingerprint density at radius 3 is 1.93 bits per heavy atom. The van der Waals surface area contributed by atoms with Crippen LogP contribution in [0.15, 0.2) is 0 Å². The van der Waals surface area contributed by atoms with E-state index >= 15 is 0 Å². The molecule has 0 heterocycles. The minimum atomic E-state index is -0.635. The molecule has 0 fully saturated rings. The number of hydrogen-bond acceptors (Lipinski definition) is 1.